The third-order valence-electron chi connectivity index (χ3n) is 14.3. The predicted octanol–water partition coefficient (Wildman–Crippen LogP) is 2.20. The number of ether oxygens (including phenoxy) is 3. The fraction of sp³-hybridized carbons (Fsp3) is 0.446. The molecule has 4 unspecified atom stereocenters. The van der Waals surface area contributed by atoms with Crippen LogP contribution in [-0.2, 0) is 89.8 Å². The van der Waals surface area contributed by atoms with Gasteiger partial charge in [0.2, 0.25) is 23.6 Å². The Kier molecular flexibility index (Phi) is 19.9. The molecule has 0 spiro atoms. The molecule has 2 aliphatic carbocycles. The van der Waals surface area contributed by atoms with E-state index in [2.05, 4.69) is 21.3 Å². The van der Waals surface area contributed by atoms with E-state index >= 15 is 0 Å². The molecule has 1 saturated carbocycles. The monoisotopic (exact) mass is 1090 g/mol. The van der Waals surface area contributed by atoms with Crippen LogP contribution in [0.25, 0.3) is 22.3 Å². The van der Waals surface area contributed by atoms with Crippen LogP contribution >= 0.6 is 0 Å². The molecule has 23 heteroatoms. The molecular formula is C56H65FN8O14. The van der Waals surface area contributed by atoms with Gasteiger partial charge in [0.1, 0.15) is 31.7 Å². The van der Waals surface area contributed by atoms with Crippen LogP contribution in [0.15, 0.2) is 59.4 Å². The Balaban J connectivity index is 0.000000245. The highest BCUT2D eigenvalue weighted by Crippen LogP contribution is 2.42. The molecule has 2 aromatic carbocycles. The first kappa shape index (κ1) is 58.5. The number of nitrogens with two attached hydrogens (primary N) is 1. The number of benzene rings is 2. The average molecular weight is 1090 g/mol. The first-order chi connectivity index (χ1) is 38.0. The maximum Gasteiger partial charge on any atom is 0.340 e. The Bertz CT molecular complexity index is 3110. The lowest BCUT2D eigenvalue weighted by atomic mass is 9.85. The molecule has 7 amide bonds. The number of cyclic esters (lactones) is 1. The molecular weight excluding hydrogens is 1030 g/mol. The SMILES string of the molecule is CC.Cc1c(F)cc2nc3c(c4c2c1CCC4)Cn1c-3cc2c(c1=O)COC(=O)C2O.NC(=O)C1CCC(OCNC(=O)CNC(=O)C(Cc2ccccc2)NC(=O)COC(=O)CNC(=O)CCCCCN2C(=O)C=CC2=O)C1. The lowest BCUT2D eigenvalue weighted by Gasteiger charge is -2.22. The molecule has 4 atom stereocenters. The third-order valence-corrected chi connectivity index (χ3v) is 14.3. The highest BCUT2D eigenvalue weighted by molar-refractivity contribution is 6.12. The number of esters is 2. The third kappa shape index (κ3) is 14.3. The second-order valence-electron chi connectivity index (χ2n) is 19.4. The number of unbranched alkanes of at least 4 members (excludes halogenated alkanes) is 2. The largest absolute Gasteiger partial charge is 0.458 e. The summed E-state index contributed by atoms with van der Waals surface area (Å²) in [6, 6.07) is 10.9. The van der Waals surface area contributed by atoms with Crippen molar-refractivity contribution in [1.82, 2.24) is 35.7 Å². The Hall–Kier alpha value is -8.18. The Morgan fingerprint density at radius 2 is 1.61 bits per heavy atom. The molecule has 5 aliphatic rings. The van der Waals surface area contributed by atoms with Crippen LogP contribution in [0.1, 0.15) is 110 Å². The van der Waals surface area contributed by atoms with Crippen molar-refractivity contribution in [2.75, 3.05) is 33.0 Å². The van der Waals surface area contributed by atoms with E-state index in [1.165, 1.54) is 18.2 Å². The van der Waals surface area contributed by atoms with Gasteiger partial charge < -0.3 is 50.9 Å². The molecule has 22 nitrogen and oxygen atoms in total. The van der Waals surface area contributed by atoms with E-state index < -0.39 is 60.9 Å². The number of carbonyl (C=O) groups excluding carboxylic acids is 9. The number of nitrogens with zero attached hydrogens (tertiary/aromatic N) is 3. The summed E-state index contributed by atoms with van der Waals surface area (Å²) in [4.78, 5) is 127. The number of aryl methyl sites for hydroxylation is 2. The number of aliphatic hydroxyl groups excluding tert-OH is 1. The van der Waals surface area contributed by atoms with Gasteiger partial charge >= 0.3 is 11.9 Å². The van der Waals surface area contributed by atoms with Crippen molar-refractivity contribution < 1.29 is 66.9 Å². The van der Waals surface area contributed by atoms with E-state index in [1.807, 2.05) is 13.8 Å². The lowest BCUT2D eigenvalue weighted by Crippen LogP contribution is -2.51. The van der Waals surface area contributed by atoms with E-state index in [1.54, 1.807) is 47.9 Å². The second kappa shape index (κ2) is 26.9. The number of nitrogens with one attached hydrogen (secondary N) is 4. The number of rotatable bonds is 20. The molecule has 3 aliphatic heterocycles. The molecule has 420 valence electrons. The van der Waals surface area contributed by atoms with Gasteiger partial charge in [-0.15, -0.1) is 0 Å². The van der Waals surface area contributed by atoms with Crippen LogP contribution in [0.4, 0.5) is 4.39 Å². The van der Waals surface area contributed by atoms with Crippen molar-refractivity contribution in [1.29, 1.82) is 0 Å². The van der Waals surface area contributed by atoms with Crippen molar-refractivity contribution in [3.63, 3.8) is 0 Å². The lowest BCUT2D eigenvalue weighted by molar-refractivity contribution is -0.157. The van der Waals surface area contributed by atoms with Crippen LogP contribution in [0.2, 0.25) is 0 Å². The Morgan fingerprint density at radius 3 is 2.33 bits per heavy atom. The fourth-order valence-corrected chi connectivity index (χ4v) is 10.1. The number of fused-ring (bicyclic) bond motifs is 5. The smallest absolute Gasteiger partial charge is 0.340 e. The van der Waals surface area contributed by atoms with Gasteiger partial charge in [-0.2, -0.15) is 0 Å². The zero-order valence-electron chi connectivity index (χ0n) is 44.3. The maximum atomic E-state index is 14.5. The summed E-state index contributed by atoms with van der Waals surface area (Å²) in [5.41, 5.74) is 11.9. The van der Waals surface area contributed by atoms with E-state index in [9.17, 15) is 57.4 Å². The van der Waals surface area contributed by atoms with Gasteiger partial charge in [0.05, 0.1) is 41.7 Å². The molecule has 1 fully saturated rings. The molecule has 4 aromatic rings. The summed E-state index contributed by atoms with van der Waals surface area (Å²) < 4.78 is 31.6. The van der Waals surface area contributed by atoms with E-state index in [0.717, 1.165) is 51.8 Å². The van der Waals surface area contributed by atoms with Crippen LogP contribution in [0, 0.1) is 18.7 Å². The zero-order chi connectivity index (χ0) is 56.9. The number of primary amides is 1. The number of pyridine rings is 2. The highest BCUT2D eigenvalue weighted by atomic mass is 19.1. The quantitative estimate of drug-likeness (QED) is 0.0282. The summed E-state index contributed by atoms with van der Waals surface area (Å²) in [6.07, 6.45) is 6.93. The summed E-state index contributed by atoms with van der Waals surface area (Å²) in [5, 5.41) is 21.2. The summed E-state index contributed by atoms with van der Waals surface area (Å²) in [5.74, 6) is -5.56. The van der Waals surface area contributed by atoms with Crippen LogP contribution in [0.3, 0.4) is 0 Å². The number of hydrogen-bond acceptors (Lipinski definition) is 15. The summed E-state index contributed by atoms with van der Waals surface area (Å²) in [7, 11) is 0. The minimum Gasteiger partial charge on any atom is -0.458 e. The fourth-order valence-electron chi connectivity index (χ4n) is 10.1. The van der Waals surface area contributed by atoms with Gasteiger partial charge in [-0.3, -0.25) is 48.1 Å². The summed E-state index contributed by atoms with van der Waals surface area (Å²) in [6.45, 7) is 4.65. The minimum absolute atomic E-state index is 0.0946. The van der Waals surface area contributed by atoms with Crippen LogP contribution < -0.4 is 32.6 Å². The molecule has 79 heavy (non-hydrogen) atoms. The van der Waals surface area contributed by atoms with E-state index in [0.29, 0.717) is 73.1 Å². The van der Waals surface area contributed by atoms with Crippen molar-refractivity contribution in [3.8, 4) is 11.4 Å². The average Bonchev–Trinajstić information content (AvgIpc) is 4.40. The van der Waals surface area contributed by atoms with Crippen molar-refractivity contribution in [2.24, 2.45) is 11.7 Å². The Morgan fingerprint density at radius 1 is 0.873 bits per heavy atom. The van der Waals surface area contributed by atoms with Crippen LogP contribution in [0.5, 0.6) is 0 Å². The minimum atomic E-state index is -1.48. The molecule has 0 saturated heterocycles. The number of amides is 7. The van der Waals surface area contributed by atoms with Crippen LogP contribution in [-0.4, -0.2) is 118 Å². The zero-order valence-corrected chi connectivity index (χ0v) is 44.3. The van der Waals surface area contributed by atoms with Gasteiger partial charge in [0.25, 0.3) is 23.3 Å². The maximum absolute atomic E-state index is 14.5. The topological polar surface area (TPSA) is 314 Å². The molecule has 0 radical (unpaired) electrons. The first-order valence-corrected chi connectivity index (χ1v) is 26.5. The van der Waals surface area contributed by atoms with Gasteiger partial charge in [0, 0.05) is 60.0 Å². The number of aliphatic hydroxyl groups is 1. The van der Waals surface area contributed by atoms with E-state index in [4.69, 9.17) is 24.9 Å². The van der Waals surface area contributed by atoms with Crippen molar-refractivity contribution >= 4 is 64.2 Å². The van der Waals surface area contributed by atoms with Gasteiger partial charge in [-0.05, 0) is 86.6 Å². The number of aromatic nitrogens is 2. The number of hydrogen-bond donors (Lipinski definition) is 6. The molecule has 5 heterocycles. The normalized spacial score (nSPS) is 17.7. The highest BCUT2D eigenvalue weighted by Gasteiger charge is 2.36. The molecule has 9 rings (SSSR count). The van der Waals surface area contributed by atoms with Gasteiger partial charge in [-0.1, -0.05) is 50.6 Å². The standard InChI is InChI=1S/C32H42N6O10.C22H17FN2O4.C2H6/c33-31(45)22-10-11-23(16-22)48-20-36-26(40)17-35-32(46)24(15-21-7-3-1-4-8-21)37-27(41)19-47-30(44)18-34-25(39)9-5-2-6-14-38-28(42)12-13-29(38)43;1-9-10-3-2-4-11-13-7-25-17(19(13)24-16(18(10)11)6-15(9)23)5-12-14(21(25)27)8-29-22(28)20(12)26;1-2/h1,3-4,7-8,12-13,22-24H,2,5-6,9-11,14-20H2,(H2,33,45)(H,34,39)(H,35,46)(H,36,40)(H,37,41);5-6,20,26H,2-4,7-8H2,1H3;1-2H3. The number of halogens is 1. The van der Waals surface area contributed by atoms with E-state index in [-0.39, 0.29) is 86.0 Å². The molecule has 2 aromatic heterocycles. The first-order valence-electron chi connectivity index (χ1n) is 26.5. The molecule has 0 bridgehead atoms. The van der Waals surface area contributed by atoms with Gasteiger partial charge in [0.15, 0.2) is 12.7 Å². The van der Waals surface area contributed by atoms with Crippen molar-refractivity contribution in [3.05, 3.63) is 110 Å². The number of carbonyl (C=O) groups is 9. The Labute approximate surface area is 454 Å². The van der Waals surface area contributed by atoms with Crippen molar-refractivity contribution in [2.45, 2.75) is 123 Å². The van der Waals surface area contributed by atoms with Gasteiger partial charge in [-0.25, -0.2) is 14.2 Å². The summed E-state index contributed by atoms with van der Waals surface area (Å²) >= 11 is 0. The number of imide groups is 1. The predicted molar refractivity (Wildman–Crippen MR) is 281 cm³/mol. The second-order valence-corrected chi connectivity index (χ2v) is 19.4. The molecule has 7 N–H and O–H groups in total.